The van der Waals surface area contributed by atoms with Gasteiger partial charge >= 0.3 is 0 Å². The van der Waals surface area contributed by atoms with Crippen molar-refractivity contribution >= 4 is 29.9 Å². The smallest absolute Gasteiger partial charge is 0.213 e. The highest BCUT2D eigenvalue weighted by atomic mass is 127. The number of aryl methyl sites for hydroxylation is 2. The summed E-state index contributed by atoms with van der Waals surface area (Å²) in [6.45, 7) is 8.08. The minimum Gasteiger partial charge on any atom is -0.481 e. The first-order chi connectivity index (χ1) is 14.1. The van der Waals surface area contributed by atoms with Gasteiger partial charge in [0.2, 0.25) is 5.88 Å². The average Bonchev–Trinajstić information content (AvgIpc) is 3.08. The van der Waals surface area contributed by atoms with Crippen molar-refractivity contribution in [2.75, 3.05) is 13.7 Å². The Balaban J connectivity index is 0.00000320. The first-order valence-electron chi connectivity index (χ1n) is 9.73. The number of hydrogen-bond acceptors (Lipinski definition) is 4. The van der Waals surface area contributed by atoms with Gasteiger partial charge < -0.3 is 15.4 Å². The SMILES string of the molecule is CCNC(=NCc1ccnc(OC)c1)NCc1ccccc1-n1nc(C)cc1C.I. The second kappa shape index (κ2) is 11.5. The molecule has 30 heavy (non-hydrogen) atoms. The quantitative estimate of drug-likeness (QED) is 0.282. The van der Waals surface area contributed by atoms with Crippen molar-refractivity contribution in [1.82, 2.24) is 25.4 Å². The van der Waals surface area contributed by atoms with Crippen molar-refractivity contribution < 1.29 is 4.74 Å². The second-order valence-electron chi connectivity index (χ2n) is 6.72. The number of para-hydroxylation sites is 1. The summed E-state index contributed by atoms with van der Waals surface area (Å²) >= 11 is 0. The zero-order valence-electron chi connectivity index (χ0n) is 17.8. The first kappa shape index (κ1) is 23.7. The van der Waals surface area contributed by atoms with Gasteiger partial charge in [-0.1, -0.05) is 18.2 Å². The van der Waals surface area contributed by atoms with E-state index in [9.17, 15) is 0 Å². The molecule has 3 rings (SSSR count). The van der Waals surface area contributed by atoms with Crippen LogP contribution >= 0.6 is 24.0 Å². The molecular weight excluding hydrogens is 491 g/mol. The number of rotatable bonds is 7. The Morgan fingerprint density at radius 2 is 1.93 bits per heavy atom. The van der Waals surface area contributed by atoms with E-state index in [-0.39, 0.29) is 24.0 Å². The Labute approximate surface area is 195 Å². The summed E-state index contributed by atoms with van der Waals surface area (Å²) in [5.74, 6) is 1.35. The number of hydrogen-bond donors (Lipinski definition) is 2. The molecule has 2 aromatic heterocycles. The van der Waals surface area contributed by atoms with E-state index in [0.717, 1.165) is 40.7 Å². The van der Waals surface area contributed by atoms with Gasteiger partial charge in [-0.2, -0.15) is 5.10 Å². The van der Waals surface area contributed by atoms with Gasteiger partial charge in [-0.15, -0.1) is 24.0 Å². The van der Waals surface area contributed by atoms with Crippen LogP contribution in [0.3, 0.4) is 0 Å². The number of halogens is 1. The fourth-order valence-corrected chi connectivity index (χ4v) is 3.09. The van der Waals surface area contributed by atoms with E-state index < -0.39 is 0 Å². The molecule has 0 aliphatic heterocycles. The zero-order chi connectivity index (χ0) is 20.6. The monoisotopic (exact) mass is 520 g/mol. The molecule has 0 unspecified atom stereocenters. The van der Waals surface area contributed by atoms with Gasteiger partial charge in [-0.05, 0) is 50.1 Å². The van der Waals surface area contributed by atoms with Gasteiger partial charge in [-0.25, -0.2) is 14.7 Å². The van der Waals surface area contributed by atoms with Crippen molar-refractivity contribution in [3.63, 3.8) is 0 Å². The Bertz CT molecular complexity index is 985. The number of methoxy groups -OCH3 is 1. The minimum absolute atomic E-state index is 0. The Morgan fingerprint density at radius 3 is 2.63 bits per heavy atom. The van der Waals surface area contributed by atoms with Crippen LogP contribution in [0.5, 0.6) is 5.88 Å². The molecule has 3 aromatic rings. The van der Waals surface area contributed by atoms with Crippen LogP contribution in [0, 0.1) is 13.8 Å². The lowest BCUT2D eigenvalue weighted by molar-refractivity contribution is 0.397. The van der Waals surface area contributed by atoms with E-state index in [1.165, 1.54) is 0 Å². The molecule has 0 spiro atoms. The maximum absolute atomic E-state index is 5.18. The largest absolute Gasteiger partial charge is 0.481 e. The number of nitrogens with zero attached hydrogens (tertiary/aromatic N) is 4. The van der Waals surface area contributed by atoms with E-state index in [2.05, 4.69) is 57.8 Å². The number of aliphatic imine (C=N–C) groups is 1. The molecule has 0 fully saturated rings. The van der Waals surface area contributed by atoms with Crippen LogP contribution in [0.4, 0.5) is 0 Å². The summed E-state index contributed by atoms with van der Waals surface area (Å²) in [7, 11) is 1.61. The van der Waals surface area contributed by atoms with Gasteiger partial charge in [0.25, 0.3) is 0 Å². The highest BCUT2D eigenvalue weighted by molar-refractivity contribution is 14.0. The molecule has 1 aromatic carbocycles. The van der Waals surface area contributed by atoms with E-state index in [1.807, 2.05) is 35.9 Å². The predicted molar refractivity (Wildman–Crippen MR) is 131 cm³/mol. The number of benzene rings is 1. The lowest BCUT2D eigenvalue weighted by atomic mass is 10.1. The Kier molecular flexibility index (Phi) is 9.10. The van der Waals surface area contributed by atoms with Crippen LogP contribution in [0.25, 0.3) is 5.69 Å². The highest BCUT2D eigenvalue weighted by Crippen LogP contribution is 2.17. The van der Waals surface area contributed by atoms with Crippen molar-refractivity contribution in [3.05, 3.63) is 71.2 Å². The Hall–Kier alpha value is -2.62. The summed E-state index contributed by atoms with van der Waals surface area (Å²) in [6, 6.07) is 14.2. The maximum Gasteiger partial charge on any atom is 0.213 e. The maximum atomic E-state index is 5.18. The highest BCUT2D eigenvalue weighted by Gasteiger charge is 2.09. The molecule has 2 N–H and O–H groups in total. The second-order valence-corrected chi connectivity index (χ2v) is 6.72. The fraction of sp³-hybridized carbons (Fsp3) is 0.318. The van der Waals surface area contributed by atoms with Gasteiger partial charge in [0, 0.05) is 31.0 Å². The van der Waals surface area contributed by atoms with E-state index in [0.29, 0.717) is 19.0 Å². The molecule has 0 radical (unpaired) electrons. The molecule has 160 valence electrons. The van der Waals surface area contributed by atoms with Gasteiger partial charge in [0.05, 0.1) is 25.0 Å². The summed E-state index contributed by atoms with van der Waals surface area (Å²) in [6.07, 6.45) is 1.73. The third-order valence-electron chi connectivity index (χ3n) is 4.45. The third kappa shape index (κ3) is 6.19. The number of aromatic nitrogens is 3. The van der Waals surface area contributed by atoms with E-state index in [1.54, 1.807) is 13.3 Å². The molecule has 0 amide bonds. The van der Waals surface area contributed by atoms with Crippen LogP contribution in [0.15, 0.2) is 53.7 Å². The molecule has 0 aliphatic rings. The molecule has 2 heterocycles. The van der Waals surface area contributed by atoms with Crippen molar-refractivity contribution in [2.45, 2.75) is 33.9 Å². The number of ether oxygens (including phenoxy) is 1. The van der Waals surface area contributed by atoms with Gasteiger partial charge in [0.15, 0.2) is 5.96 Å². The van der Waals surface area contributed by atoms with Crippen molar-refractivity contribution in [3.8, 4) is 11.6 Å². The molecule has 8 heteroatoms. The first-order valence-corrected chi connectivity index (χ1v) is 9.73. The summed E-state index contributed by atoms with van der Waals surface area (Å²) < 4.78 is 7.17. The van der Waals surface area contributed by atoms with Crippen molar-refractivity contribution in [2.24, 2.45) is 4.99 Å². The fourth-order valence-electron chi connectivity index (χ4n) is 3.09. The molecule has 0 atom stereocenters. The predicted octanol–water partition coefficient (Wildman–Crippen LogP) is 3.77. The third-order valence-corrected chi connectivity index (χ3v) is 4.45. The van der Waals surface area contributed by atoms with E-state index in [4.69, 9.17) is 4.74 Å². The van der Waals surface area contributed by atoms with Crippen LogP contribution < -0.4 is 15.4 Å². The molecule has 0 saturated heterocycles. The van der Waals surface area contributed by atoms with Gasteiger partial charge in [0.1, 0.15) is 0 Å². The minimum atomic E-state index is 0. The van der Waals surface area contributed by atoms with Gasteiger partial charge in [-0.3, -0.25) is 0 Å². The molecule has 0 saturated carbocycles. The lowest BCUT2D eigenvalue weighted by Crippen LogP contribution is -2.37. The summed E-state index contributed by atoms with van der Waals surface area (Å²) in [5, 5.41) is 11.3. The van der Waals surface area contributed by atoms with Crippen LogP contribution in [-0.4, -0.2) is 34.4 Å². The zero-order valence-corrected chi connectivity index (χ0v) is 20.2. The molecular formula is C22H29IN6O. The lowest BCUT2D eigenvalue weighted by Gasteiger charge is -2.15. The van der Waals surface area contributed by atoms with Crippen molar-refractivity contribution in [1.29, 1.82) is 0 Å². The average molecular weight is 520 g/mol. The topological polar surface area (TPSA) is 76.4 Å². The molecule has 0 bridgehead atoms. The summed E-state index contributed by atoms with van der Waals surface area (Å²) in [5.41, 5.74) is 5.38. The number of guanidine groups is 1. The standard InChI is InChI=1S/C22H28N6O.HI/c1-5-23-22(25-14-18-10-11-24-21(13-18)29-4)26-15-19-8-6-7-9-20(19)28-17(3)12-16(2)27-28;/h6-13H,5,14-15H2,1-4H3,(H2,23,25,26);1H. The molecule has 0 aliphatic carbocycles. The van der Waals surface area contributed by atoms with Crippen LogP contribution in [0.2, 0.25) is 0 Å². The van der Waals surface area contributed by atoms with Crippen LogP contribution in [-0.2, 0) is 13.1 Å². The normalized spacial score (nSPS) is 11.0. The molecule has 7 nitrogen and oxygen atoms in total. The summed E-state index contributed by atoms with van der Waals surface area (Å²) in [4.78, 5) is 8.82. The Morgan fingerprint density at radius 1 is 1.13 bits per heavy atom. The van der Waals surface area contributed by atoms with Crippen LogP contribution in [0.1, 0.15) is 29.4 Å². The van der Waals surface area contributed by atoms with E-state index >= 15 is 0 Å². The number of nitrogens with one attached hydrogen (secondary N) is 2. The number of pyridine rings is 1.